The smallest absolute Gasteiger partial charge is 0.311 e. The number of aryl methyl sites for hydroxylation is 1. The van der Waals surface area contributed by atoms with Crippen LogP contribution in [0.2, 0.25) is 0 Å². The molecule has 0 saturated heterocycles. The van der Waals surface area contributed by atoms with Crippen molar-refractivity contribution >= 4 is 17.3 Å². The average molecular weight is 228 g/mol. The predicted molar refractivity (Wildman–Crippen MR) is 59.8 cm³/mol. The molecule has 0 aliphatic carbocycles. The summed E-state index contributed by atoms with van der Waals surface area (Å²) in [6, 6.07) is 0. The largest absolute Gasteiger partial charge is 0.466 e. The van der Waals surface area contributed by atoms with Gasteiger partial charge in [0.25, 0.3) is 0 Å². The maximum Gasteiger partial charge on any atom is 0.311 e. The summed E-state index contributed by atoms with van der Waals surface area (Å²) >= 11 is 1.58. The fourth-order valence-electron chi connectivity index (χ4n) is 1.16. The van der Waals surface area contributed by atoms with E-state index in [4.69, 9.17) is 10.5 Å². The molecule has 2 N–H and O–H groups in total. The molecule has 1 rings (SSSR count). The lowest BCUT2D eigenvalue weighted by Gasteiger charge is -1.98. The van der Waals surface area contributed by atoms with Gasteiger partial charge in [-0.15, -0.1) is 11.3 Å². The first-order valence-corrected chi connectivity index (χ1v) is 5.93. The highest BCUT2D eigenvalue weighted by molar-refractivity contribution is 7.09. The van der Waals surface area contributed by atoms with Crippen molar-refractivity contribution in [3.05, 3.63) is 16.1 Å². The Kier molecular flexibility index (Phi) is 5.28. The highest BCUT2D eigenvalue weighted by Crippen LogP contribution is 2.12. The highest BCUT2D eigenvalue weighted by Gasteiger charge is 2.07. The number of carbonyl (C=O) groups excluding carboxylic acids is 1. The van der Waals surface area contributed by atoms with E-state index in [0.717, 1.165) is 23.5 Å². The lowest BCUT2D eigenvalue weighted by molar-refractivity contribution is -0.142. The standard InChI is InChI=1S/C10H16N2O2S/c1-2-14-10(13)6-8-7-15-9(12-8)4-3-5-11/h7H,2-6,11H2,1H3. The molecule has 0 aliphatic heterocycles. The quantitative estimate of drug-likeness (QED) is 0.741. The molecular formula is C10H16N2O2S. The summed E-state index contributed by atoms with van der Waals surface area (Å²) in [6.45, 7) is 2.89. The van der Waals surface area contributed by atoms with Crippen LogP contribution < -0.4 is 5.73 Å². The molecule has 0 unspecified atom stereocenters. The van der Waals surface area contributed by atoms with Gasteiger partial charge < -0.3 is 10.5 Å². The minimum absolute atomic E-state index is 0.215. The Morgan fingerprint density at radius 1 is 1.67 bits per heavy atom. The Hall–Kier alpha value is -0.940. The van der Waals surface area contributed by atoms with E-state index in [1.54, 1.807) is 18.3 Å². The van der Waals surface area contributed by atoms with Gasteiger partial charge in [0.1, 0.15) is 0 Å². The number of nitrogens with zero attached hydrogens (tertiary/aromatic N) is 1. The second-order valence-electron chi connectivity index (χ2n) is 3.11. The van der Waals surface area contributed by atoms with Crippen molar-refractivity contribution < 1.29 is 9.53 Å². The number of ether oxygens (including phenoxy) is 1. The summed E-state index contributed by atoms with van der Waals surface area (Å²) in [7, 11) is 0. The molecule has 84 valence electrons. The van der Waals surface area contributed by atoms with E-state index in [-0.39, 0.29) is 12.4 Å². The van der Waals surface area contributed by atoms with Crippen LogP contribution in [0.15, 0.2) is 5.38 Å². The van der Waals surface area contributed by atoms with E-state index in [0.29, 0.717) is 13.2 Å². The van der Waals surface area contributed by atoms with Crippen LogP contribution >= 0.6 is 11.3 Å². The zero-order valence-electron chi connectivity index (χ0n) is 8.86. The number of hydrogen-bond acceptors (Lipinski definition) is 5. The van der Waals surface area contributed by atoms with Crippen LogP contribution in [0.25, 0.3) is 0 Å². The Morgan fingerprint density at radius 2 is 2.47 bits per heavy atom. The summed E-state index contributed by atoms with van der Waals surface area (Å²) in [5.41, 5.74) is 6.20. The minimum Gasteiger partial charge on any atom is -0.466 e. The second-order valence-corrected chi connectivity index (χ2v) is 4.05. The molecule has 0 aliphatic rings. The molecule has 4 nitrogen and oxygen atoms in total. The number of aromatic nitrogens is 1. The second kappa shape index (κ2) is 6.53. The van der Waals surface area contributed by atoms with Gasteiger partial charge in [-0.25, -0.2) is 4.98 Å². The van der Waals surface area contributed by atoms with Gasteiger partial charge >= 0.3 is 5.97 Å². The summed E-state index contributed by atoms with van der Waals surface area (Å²) in [6.07, 6.45) is 2.10. The molecule has 0 amide bonds. The number of esters is 1. The molecule has 0 fully saturated rings. The SMILES string of the molecule is CCOC(=O)Cc1csc(CCCN)n1. The molecule has 1 aromatic rings. The van der Waals surface area contributed by atoms with Gasteiger partial charge in [-0.2, -0.15) is 0 Å². The molecule has 1 aromatic heterocycles. The number of thiazole rings is 1. The van der Waals surface area contributed by atoms with Crippen LogP contribution in [0.4, 0.5) is 0 Å². The molecule has 0 radical (unpaired) electrons. The van der Waals surface area contributed by atoms with Crippen molar-refractivity contribution in [2.45, 2.75) is 26.2 Å². The number of hydrogen-bond donors (Lipinski definition) is 1. The predicted octanol–water partition coefficient (Wildman–Crippen LogP) is 1.14. The molecule has 0 spiro atoms. The lowest BCUT2D eigenvalue weighted by Crippen LogP contribution is -2.07. The Balaban J connectivity index is 2.42. The van der Waals surface area contributed by atoms with Crippen LogP contribution in [0.3, 0.4) is 0 Å². The van der Waals surface area contributed by atoms with Crippen molar-refractivity contribution in [3.8, 4) is 0 Å². The maximum atomic E-state index is 11.2. The Morgan fingerprint density at radius 3 is 3.13 bits per heavy atom. The number of carbonyl (C=O) groups is 1. The summed E-state index contributed by atoms with van der Waals surface area (Å²) in [4.78, 5) is 15.5. The van der Waals surface area contributed by atoms with Crippen molar-refractivity contribution in [2.75, 3.05) is 13.2 Å². The van der Waals surface area contributed by atoms with Gasteiger partial charge in [-0.05, 0) is 19.9 Å². The third-order valence-electron chi connectivity index (χ3n) is 1.82. The lowest BCUT2D eigenvalue weighted by atomic mass is 10.3. The monoisotopic (exact) mass is 228 g/mol. The fourth-order valence-corrected chi connectivity index (χ4v) is 2.00. The normalized spacial score (nSPS) is 10.3. The molecule has 15 heavy (non-hydrogen) atoms. The molecule has 0 atom stereocenters. The number of nitrogens with two attached hydrogens (primary N) is 1. The third-order valence-corrected chi connectivity index (χ3v) is 2.78. The molecule has 1 heterocycles. The minimum atomic E-state index is -0.215. The first-order chi connectivity index (χ1) is 7.26. The van der Waals surface area contributed by atoms with E-state index in [9.17, 15) is 4.79 Å². The average Bonchev–Trinajstić information content (AvgIpc) is 2.63. The Bertz CT molecular complexity index is 312. The topological polar surface area (TPSA) is 65.2 Å². The van der Waals surface area contributed by atoms with Crippen LogP contribution in [-0.4, -0.2) is 24.1 Å². The van der Waals surface area contributed by atoms with Gasteiger partial charge in [-0.1, -0.05) is 0 Å². The van der Waals surface area contributed by atoms with E-state index in [2.05, 4.69) is 4.98 Å². The first-order valence-electron chi connectivity index (χ1n) is 5.05. The van der Waals surface area contributed by atoms with E-state index in [1.165, 1.54) is 0 Å². The molecule has 5 heteroatoms. The summed E-state index contributed by atoms with van der Waals surface area (Å²) in [5.74, 6) is -0.215. The zero-order valence-corrected chi connectivity index (χ0v) is 9.68. The van der Waals surface area contributed by atoms with Gasteiger partial charge in [-0.3, -0.25) is 4.79 Å². The van der Waals surface area contributed by atoms with E-state index < -0.39 is 0 Å². The van der Waals surface area contributed by atoms with Crippen LogP contribution in [0.1, 0.15) is 24.0 Å². The highest BCUT2D eigenvalue weighted by atomic mass is 32.1. The fraction of sp³-hybridized carbons (Fsp3) is 0.600. The van der Waals surface area contributed by atoms with Crippen molar-refractivity contribution in [2.24, 2.45) is 5.73 Å². The molecule has 0 bridgehead atoms. The van der Waals surface area contributed by atoms with Crippen LogP contribution in [0, 0.1) is 0 Å². The van der Waals surface area contributed by atoms with Crippen molar-refractivity contribution in [1.82, 2.24) is 4.98 Å². The Labute approximate surface area is 93.5 Å². The first kappa shape index (κ1) is 12.1. The summed E-state index contributed by atoms with van der Waals surface area (Å²) in [5, 5.41) is 2.95. The molecular weight excluding hydrogens is 212 g/mol. The maximum absolute atomic E-state index is 11.2. The van der Waals surface area contributed by atoms with Gasteiger partial charge in [0.05, 0.1) is 23.7 Å². The van der Waals surface area contributed by atoms with Crippen molar-refractivity contribution in [1.29, 1.82) is 0 Å². The van der Waals surface area contributed by atoms with Crippen molar-refractivity contribution in [3.63, 3.8) is 0 Å². The van der Waals surface area contributed by atoms with E-state index in [1.807, 2.05) is 5.38 Å². The molecule has 0 saturated carbocycles. The van der Waals surface area contributed by atoms with Gasteiger partial charge in [0.2, 0.25) is 0 Å². The van der Waals surface area contributed by atoms with E-state index >= 15 is 0 Å². The van der Waals surface area contributed by atoms with Crippen LogP contribution in [0.5, 0.6) is 0 Å². The molecule has 0 aromatic carbocycles. The van der Waals surface area contributed by atoms with Gasteiger partial charge in [0, 0.05) is 11.8 Å². The summed E-state index contributed by atoms with van der Waals surface area (Å²) < 4.78 is 4.84. The van der Waals surface area contributed by atoms with Gasteiger partial charge in [0.15, 0.2) is 0 Å². The van der Waals surface area contributed by atoms with Crippen LogP contribution in [-0.2, 0) is 22.4 Å². The zero-order chi connectivity index (χ0) is 11.1. The third kappa shape index (κ3) is 4.40. The number of rotatable bonds is 6.